The highest BCUT2D eigenvalue weighted by molar-refractivity contribution is 9.10. The quantitative estimate of drug-likeness (QED) is 0.866. The van der Waals surface area contributed by atoms with E-state index in [4.69, 9.17) is 5.73 Å². The zero-order valence-electron chi connectivity index (χ0n) is 10.7. The van der Waals surface area contributed by atoms with Gasteiger partial charge in [0.1, 0.15) is 10.7 Å². The largest absolute Gasteiger partial charge is 0.383 e. The van der Waals surface area contributed by atoms with Crippen molar-refractivity contribution in [2.24, 2.45) is 0 Å². The maximum atomic E-state index is 12.7. The molecule has 1 aliphatic heterocycles. The second kappa shape index (κ2) is 5.59. The average molecular weight is 366 g/mol. The molecule has 106 valence electrons. The Morgan fingerprint density at radius 2 is 2.21 bits per heavy atom. The Hall–Kier alpha value is -0.310. The first-order chi connectivity index (χ1) is 8.84. The van der Waals surface area contributed by atoms with E-state index in [-0.39, 0.29) is 22.0 Å². The minimum absolute atomic E-state index is 0.0429. The highest BCUT2D eigenvalue weighted by atomic mass is 79.9. The fraction of sp³-hybridized carbons (Fsp3) is 0.545. The van der Waals surface area contributed by atoms with Crippen molar-refractivity contribution in [3.8, 4) is 0 Å². The number of rotatable bonds is 2. The van der Waals surface area contributed by atoms with E-state index in [9.17, 15) is 8.42 Å². The number of sulfonamides is 1. The number of aromatic nitrogens is 1. The summed E-state index contributed by atoms with van der Waals surface area (Å²) in [6, 6.07) is 1.46. The average Bonchev–Trinajstić information content (AvgIpc) is 2.35. The Kier molecular flexibility index (Phi) is 4.44. The van der Waals surface area contributed by atoms with Crippen LogP contribution in [0.5, 0.6) is 0 Å². The molecule has 0 spiro atoms. The van der Waals surface area contributed by atoms with Gasteiger partial charge in [-0.15, -0.1) is 0 Å². The minimum Gasteiger partial charge on any atom is -0.383 e. The highest BCUT2D eigenvalue weighted by Crippen LogP contribution is 2.31. The summed E-state index contributed by atoms with van der Waals surface area (Å²) in [4.78, 5) is 3.98. The van der Waals surface area contributed by atoms with Crippen molar-refractivity contribution in [2.75, 3.05) is 18.0 Å². The molecule has 1 aliphatic rings. The van der Waals surface area contributed by atoms with Crippen molar-refractivity contribution >= 4 is 43.5 Å². The molecule has 19 heavy (non-hydrogen) atoms. The Morgan fingerprint density at radius 3 is 2.89 bits per heavy atom. The number of nitrogen functional groups attached to an aromatic ring is 1. The summed E-state index contributed by atoms with van der Waals surface area (Å²) in [5, 5.41) is 0.268. The fourth-order valence-corrected chi connectivity index (χ4v) is 5.58. The van der Waals surface area contributed by atoms with E-state index >= 15 is 0 Å². The lowest BCUT2D eigenvalue weighted by molar-refractivity contribution is 0.340. The normalized spacial score (nSPS) is 25.4. The van der Waals surface area contributed by atoms with Crippen molar-refractivity contribution in [3.05, 3.63) is 16.7 Å². The first-order valence-electron chi connectivity index (χ1n) is 5.88. The third-order valence-corrected chi connectivity index (χ3v) is 7.05. The van der Waals surface area contributed by atoms with Gasteiger partial charge in [-0.05, 0) is 28.9 Å². The molecular formula is C11H16BrN3O2S2. The van der Waals surface area contributed by atoms with Crippen molar-refractivity contribution in [1.29, 1.82) is 0 Å². The molecule has 1 saturated heterocycles. The van der Waals surface area contributed by atoms with Gasteiger partial charge in [0.15, 0.2) is 0 Å². The SMILES string of the molecule is CC1SCCN(S(=O)(=O)c2cc(Br)cnc2N)C1C. The number of thioether (sulfide) groups is 1. The Labute approximate surface area is 126 Å². The molecular weight excluding hydrogens is 350 g/mol. The minimum atomic E-state index is -3.59. The molecule has 1 fully saturated rings. The molecule has 0 aromatic carbocycles. The van der Waals surface area contributed by atoms with Crippen LogP contribution in [0.15, 0.2) is 21.6 Å². The molecule has 2 rings (SSSR count). The summed E-state index contributed by atoms with van der Waals surface area (Å²) in [5.74, 6) is 0.841. The summed E-state index contributed by atoms with van der Waals surface area (Å²) >= 11 is 5.02. The number of pyridine rings is 1. The standard InChI is InChI=1S/C11H16BrN3O2S2/c1-7-8(2)18-4-3-15(7)19(16,17)10-5-9(12)6-14-11(10)13/h5-8H,3-4H2,1-2H3,(H2,13,14). The van der Waals surface area contributed by atoms with Crippen LogP contribution in [0.4, 0.5) is 5.82 Å². The lowest BCUT2D eigenvalue weighted by Crippen LogP contribution is -2.47. The number of halogens is 1. The molecule has 1 aromatic rings. The van der Waals surface area contributed by atoms with Crippen molar-refractivity contribution in [2.45, 2.75) is 30.0 Å². The smallest absolute Gasteiger partial charge is 0.247 e. The zero-order valence-corrected chi connectivity index (χ0v) is 13.9. The number of hydrogen-bond donors (Lipinski definition) is 1. The molecule has 0 radical (unpaired) electrons. The van der Waals surface area contributed by atoms with Crippen LogP contribution in [0.2, 0.25) is 0 Å². The number of anilines is 1. The van der Waals surface area contributed by atoms with Gasteiger partial charge in [0.2, 0.25) is 10.0 Å². The fourth-order valence-electron chi connectivity index (χ4n) is 2.01. The molecule has 8 heteroatoms. The molecule has 5 nitrogen and oxygen atoms in total. The Balaban J connectivity index is 2.44. The second-order valence-corrected chi connectivity index (χ2v) is 8.73. The van der Waals surface area contributed by atoms with Gasteiger partial charge >= 0.3 is 0 Å². The van der Waals surface area contributed by atoms with Gasteiger partial charge in [-0.25, -0.2) is 13.4 Å². The highest BCUT2D eigenvalue weighted by Gasteiger charge is 2.36. The molecule has 2 heterocycles. The number of nitrogens with zero attached hydrogens (tertiary/aromatic N) is 2. The van der Waals surface area contributed by atoms with Crippen molar-refractivity contribution in [3.63, 3.8) is 0 Å². The van der Waals surface area contributed by atoms with Gasteiger partial charge in [-0.1, -0.05) is 6.92 Å². The van der Waals surface area contributed by atoms with Crippen LogP contribution in [0.25, 0.3) is 0 Å². The van der Waals surface area contributed by atoms with Crippen LogP contribution in [0.3, 0.4) is 0 Å². The van der Waals surface area contributed by atoms with Gasteiger partial charge in [0.25, 0.3) is 0 Å². The molecule has 0 bridgehead atoms. The molecule has 0 amide bonds. The molecule has 0 aliphatic carbocycles. The molecule has 2 atom stereocenters. The van der Waals surface area contributed by atoms with Crippen LogP contribution in [-0.2, 0) is 10.0 Å². The van der Waals surface area contributed by atoms with E-state index in [1.54, 1.807) is 11.8 Å². The number of nitrogens with two attached hydrogens (primary N) is 1. The first kappa shape index (κ1) is 15.1. The second-order valence-electron chi connectivity index (χ2n) is 4.47. The maximum Gasteiger partial charge on any atom is 0.247 e. The van der Waals surface area contributed by atoms with E-state index in [2.05, 4.69) is 20.9 Å². The molecule has 2 unspecified atom stereocenters. The summed E-state index contributed by atoms with van der Waals surface area (Å²) in [7, 11) is -3.59. The predicted octanol–water partition coefficient (Wildman–Crippen LogP) is 1.94. The van der Waals surface area contributed by atoms with E-state index in [0.29, 0.717) is 11.0 Å². The van der Waals surface area contributed by atoms with E-state index in [1.165, 1.54) is 16.6 Å². The molecule has 2 N–H and O–H groups in total. The van der Waals surface area contributed by atoms with Crippen molar-refractivity contribution < 1.29 is 8.42 Å². The summed E-state index contributed by atoms with van der Waals surface area (Å²) < 4.78 is 27.5. The van der Waals surface area contributed by atoms with E-state index < -0.39 is 10.0 Å². The van der Waals surface area contributed by atoms with Gasteiger partial charge in [-0.3, -0.25) is 0 Å². The molecule has 1 aromatic heterocycles. The lowest BCUT2D eigenvalue weighted by atomic mass is 10.2. The van der Waals surface area contributed by atoms with Crippen LogP contribution in [0, 0.1) is 0 Å². The van der Waals surface area contributed by atoms with Crippen LogP contribution < -0.4 is 5.73 Å². The molecule has 0 saturated carbocycles. The van der Waals surface area contributed by atoms with E-state index in [1.807, 2.05) is 13.8 Å². The number of hydrogen-bond acceptors (Lipinski definition) is 5. The van der Waals surface area contributed by atoms with Crippen LogP contribution >= 0.6 is 27.7 Å². The monoisotopic (exact) mass is 365 g/mol. The summed E-state index contributed by atoms with van der Waals surface area (Å²) in [5.41, 5.74) is 5.72. The topological polar surface area (TPSA) is 76.3 Å². The summed E-state index contributed by atoms with van der Waals surface area (Å²) in [6.45, 7) is 4.47. The van der Waals surface area contributed by atoms with Gasteiger partial charge in [0, 0.05) is 34.3 Å². The van der Waals surface area contributed by atoms with Crippen molar-refractivity contribution in [1.82, 2.24) is 9.29 Å². The van der Waals surface area contributed by atoms with Gasteiger partial charge < -0.3 is 5.73 Å². The maximum absolute atomic E-state index is 12.7. The lowest BCUT2D eigenvalue weighted by Gasteiger charge is -2.36. The third-order valence-electron chi connectivity index (χ3n) is 3.26. The summed E-state index contributed by atoms with van der Waals surface area (Å²) in [6.07, 6.45) is 1.49. The van der Waals surface area contributed by atoms with Gasteiger partial charge in [0.05, 0.1) is 0 Å². The van der Waals surface area contributed by atoms with Crippen LogP contribution in [-0.4, -0.2) is 41.3 Å². The predicted molar refractivity (Wildman–Crippen MR) is 81.6 cm³/mol. The van der Waals surface area contributed by atoms with E-state index in [0.717, 1.165) is 5.75 Å². The van der Waals surface area contributed by atoms with Gasteiger partial charge in [-0.2, -0.15) is 16.1 Å². The zero-order chi connectivity index (χ0) is 14.2. The Bertz CT molecular complexity index is 579. The Morgan fingerprint density at radius 1 is 1.53 bits per heavy atom. The third kappa shape index (κ3) is 2.91. The first-order valence-corrected chi connectivity index (χ1v) is 9.16. The van der Waals surface area contributed by atoms with Crippen LogP contribution in [0.1, 0.15) is 13.8 Å².